The molecule has 0 aliphatic heterocycles. The van der Waals surface area contributed by atoms with Crippen molar-refractivity contribution in [2.75, 3.05) is 0 Å². The molecule has 132 valence electrons. The Morgan fingerprint density at radius 2 is 1.69 bits per heavy atom. The van der Waals surface area contributed by atoms with E-state index in [2.05, 4.69) is 36.7 Å². The standard InChI is InChI=1S/C23H22FNO/c1-23(2)12-20-22(21(26)13-23)19(17-8-10-18(24)11-9-17)15-25(20)14-16-6-4-3-5-7-16/h3-11,15H,12-14H2,1-2H3. The molecule has 3 aromatic rings. The Hall–Kier alpha value is -2.68. The minimum absolute atomic E-state index is 0.0447. The number of carbonyl (C=O) groups is 1. The zero-order chi connectivity index (χ0) is 18.3. The molecule has 0 amide bonds. The number of hydrogen-bond donors (Lipinski definition) is 0. The molecular weight excluding hydrogens is 325 g/mol. The lowest BCUT2D eigenvalue weighted by Crippen LogP contribution is -2.28. The third-order valence-corrected chi connectivity index (χ3v) is 5.10. The van der Waals surface area contributed by atoms with E-state index < -0.39 is 0 Å². The Morgan fingerprint density at radius 3 is 2.38 bits per heavy atom. The van der Waals surface area contributed by atoms with Gasteiger partial charge in [0.25, 0.3) is 0 Å². The lowest BCUT2D eigenvalue weighted by atomic mass is 9.75. The van der Waals surface area contributed by atoms with Crippen LogP contribution in [0.1, 0.15) is 41.9 Å². The summed E-state index contributed by atoms with van der Waals surface area (Å²) < 4.78 is 15.5. The predicted molar refractivity (Wildman–Crippen MR) is 102 cm³/mol. The van der Waals surface area contributed by atoms with Crippen molar-refractivity contribution in [3.63, 3.8) is 0 Å². The summed E-state index contributed by atoms with van der Waals surface area (Å²) in [6, 6.07) is 16.7. The van der Waals surface area contributed by atoms with Gasteiger partial charge in [-0.3, -0.25) is 4.79 Å². The summed E-state index contributed by atoms with van der Waals surface area (Å²) in [5.41, 5.74) is 4.86. The maximum absolute atomic E-state index is 13.3. The highest BCUT2D eigenvalue weighted by Crippen LogP contribution is 2.40. The zero-order valence-corrected chi connectivity index (χ0v) is 15.1. The van der Waals surface area contributed by atoms with Gasteiger partial charge in [-0.25, -0.2) is 4.39 Å². The fraction of sp³-hybridized carbons (Fsp3) is 0.261. The summed E-state index contributed by atoms with van der Waals surface area (Å²) >= 11 is 0. The van der Waals surface area contributed by atoms with Crippen LogP contribution in [-0.4, -0.2) is 10.4 Å². The van der Waals surface area contributed by atoms with Crippen molar-refractivity contribution >= 4 is 5.78 Å². The third kappa shape index (κ3) is 3.10. The van der Waals surface area contributed by atoms with Crippen LogP contribution in [-0.2, 0) is 13.0 Å². The molecule has 0 saturated heterocycles. The normalized spacial score (nSPS) is 15.7. The number of carbonyl (C=O) groups excluding carboxylic acids is 1. The van der Waals surface area contributed by atoms with Crippen LogP contribution < -0.4 is 0 Å². The number of hydrogen-bond acceptors (Lipinski definition) is 1. The Balaban J connectivity index is 1.85. The molecule has 0 atom stereocenters. The van der Waals surface area contributed by atoms with Crippen LogP contribution in [0.25, 0.3) is 11.1 Å². The molecule has 1 aliphatic rings. The fourth-order valence-corrected chi connectivity index (χ4v) is 3.91. The van der Waals surface area contributed by atoms with Gasteiger partial charge >= 0.3 is 0 Å². The van der Waals surface area contributed by atoms with Crippen molar-refractivity contribution in [1.82, 2.24) is 4.57 Å². The van der Waals surface area contributed by atoms with Crippen LogP contribution in [0.4, 0.5) is 4.39 Å². The Morgan fingerprint density at radius 1 is 1.00 bits per heavy atom. The molecule has 0 saturated carbocycles. The van der Waals surface area contributed by atoms with E-state index in [4.69, 9.17) is 0 Å². The number of halogens is 1. The van der Waals surface area contributed by atoms with E-state index in [0.29, 0.717) is 6.42 Å². The molecule has 2 nitrogen and oxygen atoms in total. The number of benzene rings is 2. The molecule has 0 unspecified atom stereocenters. The van der Waals surface area contributed by atoms with Crippen LogP contribution in [0.5, 0.6) is 0 Å². The van der Waals surface area contributed by atoms with Crippen molar-refractivity contribution in [3.8, 4) is 11.1 Å². The van der Waals surface area contributed by atoms with Gasteiger partial charge < -0.3 is 4.57 Å². The average molecular weight is 347 g/mol. The molecule has 3 heteroatoms. The Kier molecular flexibility index (Phi) is 4.03. The summed E-state index contributed by atoms with van der Waals surface area (Å²) in [7, 11) is 0. The van der Waals surface area contributed by atoms with Crippen LogP contribution in [0, 0.1) is 11.2 Å². The maximum atomic E-state index is 13.3. The first-order valence-electron chi connectivity index (χ1n) is 8.98. The summed E-state index contributed by atoms with van der Waals surface area (Å²) in [5, 5.41) is 0. The van der Waals surface area contributed by atoms with Gasteiger partial charge in [0.05, 0.1) is 0 Å². The van der Waals surface area contributed by atoms with Crippen molar-refractivity contribution in [2.24, 2.45) is 5.41 Å². The second-order valence-corrected chi connectivity index (χ2v) is 7.93. The summed E-state index contributed by atoms with van der Waals surface area (Å²) in [4.78, 5) is 12.9. The topological polar surface area (TPSA) is 22.0 Å². The summed E-state index contributed by atoms with van der Waals surface area (Å²) in [6.07, 6.45) is 3.47. The van der Waals surface area contributed by atoms with Gasteiger partial charge in [-0.2, -0.15) is 0 Å². The molecule has 2 aromatic carbocycles. The molecule has 0 bridgehead atoms. The zero-order valence-electron chi connectivity index (χ0n) is 15.1. The molecule has 0 N–H and O–H groups in total. The van der Waals surface area contributed by atoms with E-state index in [-0.39, 0.29) is 17.0 Å². The molecular formula is C23H22FNO. The summed E-state index contributed by atoms with van der Waals surface area (Å²) in [5.74, 6) is -0.0822. The molecule has 26 heavy (non-hydrogen) atoms. The van der Waals surface area contributed by atoms with Gasteiger partial charge in [0.2, 0.25) is 0 Å². The first kappa shape index (κ1) is 16.8. The largest absolute Gasteiger partial charge is 0.346 e. The van der Waals surface area contributed by atoms with Crippen LogP contribution in [0.3, 0.4) is 0 Å². The van der Waals surface area contributed by atoms with E-state index >= 15 is 0 Å². The Bertz CT molecular complexity index is 952. The van der Waals surface area contributed by atoms with E-state index in [9.17, 15) is 9.18 Å². The van der Waals surface area contributed by atoms with Crippen LogP contribution in [0.2, 0.25) is 0 Å². The number of rotatable bonds is 3. The van der Waals surface area contributed by atoms with Crippen molar-refractivity contribution < 1.29 is 9.18 Å². The monoisotopic (exact) mass is 347 g/mol. The van der Waals surface area contributed by atoms with E-state index in [1.165, 1.54) is 17.7 Å². The third-order valence-electron chi connectivity index (χ3n) is 5.10. The number of Topliss-reactive ketones (excluding diaryl/α,β-unsaturated/α-hetero) is 1. The van der Waals surface area contributed by atoms with Crippen molar-refractivity contribution in [1.29, 1.82) is 0 Å². The number of aromatic nitrogens is 1. The quantitative estimate of drug-likeness (QED) is 0.613. The molecule has 4 rings (SSSR count). The van der Waals surface area contributed by atoms with E-state index in [0.717, 1.165) is 35.3 Å². The molecule has 1 heterocycles. The lowest BCUT2D eigenvalue weighted by molar-refractivity contribution is 0.0911. The first-order valence-corrected chi connectivity index (χ1v) is 8.98. The number of nitrogens with zero attached hydrogens (tertiary/aromatic N) is 1. The molecule has 0 fully saturated rings. The number of ketones is 1. The van der Waals surface area contributed by atoms with Gasteiger partial charge in [0.1, 0.15) is 5.82 Å². The molecule has 0 radical (unpaired) electrons. The number of fused-ring (bicyclic) bond motifs is 1. The Labute approximate surface area is 153 Å². The highest BCUT2D eigenvalue weighted by molar-refractivity contribution is 6.05. The van der Waals surface area contributed by atoms with Gasteiger partial charge in [-0.15, -0.1) is 0 Å². The van der Waals surface area contributed by atoms with Crippen molar-refractivity contribution in [2.45, 2.75) is 33.2 Å². The van der Waals surface area contributed by atoms with Gasteiger partial charge in [0, 0.05) is 36.0 Å². The highest BCUT2D eigenvalue weighted by atomic mass is 19.1. The van der Waals surface area contributed by atoms with Crippen molar-refractivity contribution in [3.05, 3.63) is 83.4 Å². The second kappa shape index (κ2) is 6.24. The molecule has 1 aromatic heterocycles. The first-order chi connectivity index (χ1) is 12.4. The average Bonchev–Trinajstić information content (AvgIpc) is 2.94. The lowest BCUT2D eigenvalue weighted by Gasteiger charge is -2.30. The smallest absolute Gasteiger partial charge is 0.165 e. The SMILES string of the molecule is CC1(C)CC(=O)c2c(-c3ccc(F)cc3)cn(Cc3ccccc3)c2C1. The van der Waals surface area contributed by atoms with Gasteiger partial charge in [0.15, 0.2) is 5.78 Å². The van der Waals surface area contributed by atoms with Gasteiger partial charge in [-0.1, -0.05) is 56.3 Å². The molecule has 0 spiro atoms. The van der Waals surface area contributed by atoms with E-state index in [1.54, 1.807) is 12.1 Å². The highest BCUT2D eigenvalue weighted by Gasteiger charge is 2.35. The minimum Gasteiger partial charge on any atom is -0.346 e. The fourth-order valence-electron chi connectivity index (χ4n) is 3.91. The molecule has 1 aliphatic carbocycles. The summed E-state index contributed by atoms with van der Waals surface area (Å²) in [6.45, 7) is 5.02. The van der Waals surface area contributed by atoms with Crippen LogP contribution in [0.15, 0.2) is 60.8 Å². The van der Waals surface area contributed by atoms with Crippen LogP contribution >= 0.6 is 0 Å². The second-order valence-electron chi connectivity index (χ2n) is 7.93. The predicted octanol–water partition coefficient (Wildman–Crippen LogP) is 5.50. The minimum atomic E-state index is -0.265. The maximum Gasteiger partial charge on any atom is 0.165 e. The van der Waals surface area contributed by atoms with E-state index in [1.807, 2.05) is 18.2 Å². The van der Waals surface area contributed by atoms with Gasteiger partial charge in [-0.05, 0) is 35.1 Å².